The van der Waals surface area contributed by atoms with Crippen LogP contribution in [0.4, 0.5) is 5.82 Å². The van der Waals surface area contributed by atoms with E-state index in [2.05, 4.69) is 63.5 Å². The fourth-order valence-corrected chi connectivity index (χ4v) is 3.55. The smallest absolute Gasteiger partial charge is 0.133 e. The topological polar surface area (TPSA) is 44.3 Å². The van der Waals surface area contributed by atoms with Crippen LogP contribution in [-0.4, -0.2) is 28.6 Å². The maximum atomic E-state index is 4.71. The summed E-state index contributed by atoms with van der Waals surface area (Å²) in [7, 11) is 2.11. The zero-order chi connectivity index (χ0) is 18.5. The minimum atomic E-state index is 0.762. The van der Waals surface area contributed by atoms with Crippen molar-refractivity contribution in [1.82, 2.24) is 20.2 Å². The largest absolute Gasteiger partial charge is 0.346 e. The molecule has 1 aromatic carbocycles. The van der Waals surface area contributed by atoms with Gasteiger partial charge in [0.25, 0.3) is 0 Å². The molecule has 0 fully saturated rings. The molecular formula is C22H25N5. The van der Waals surface area contributed by atoms with Gasteiger partial charge < -0.3 is 10.2 Å². The Hall–Kier alpha value is -2.76. The SMILES string of the molecule is CN1CN(Cc2ccccc2)Cc2cc(CNCc3ccccn3)cnc21. The standard InChI is InChI=1S/C22H25N5/c1-26-17-27(15-18-7-3-2-4-8-18)16-20-11-19(13-25-22(20)26)12-23-14-21-9-5-6-10-24-21/h2-11,13,23H,12,14-17H2,1H3. The predicted octanol–water partition coefficient (Wildman–Crippen LogP) is 3.18. The molecule has 3 heterocycles. The van der Waals surface area contributed by atoms with Gasteiger partial charge in [-0.1, -0.05) is 36.4 Å². The number of pyridine rings is 2. The minimum absolute atomic E-state index is 0.762. The van der Waals surface area contributed by atoms with Crippen LogP contribution in [0, 0.1) is 0 Å². The number of fused-ring (bicyclic) bond motifs is 1. The molecule has 0 atom stereocenters. The van der Waals surface area contributed by atoms with E-state index < -0.39 is 0 Å². The fourth-order valence-electron chi connectivity index (χ4n) is 3.55. The molecule has 1 N–H and O–H groups in total. The first-order chi connectivity index (χ1) is 13.3. The van der Waals surface area contributed by atoms with E-state index >= 15 is 0 Å². The fraction of sp³-hybridized carbons (Fsp3) is 0.273. The van der Waals surface area contributed by atoms with Gasteiger partial charge >= 0.3 is 0 Å². The van der Waals surface area contributed by atoms with Crippen molar-refractivity contribution in [2.24, 2.45) is 0 Å². The van der Waals surface area contributed by atoms with E-state index in [0.717, 1.165) is 44.4 Å². The molecule has 0 spiro atoms. The number of nitrogens with one attached hydrogen (secondary N) is 1. The third kappa shape index (κ3) is 4.51. The molecule has 0 amide bonds. The van der Waals surface area contributed by atoms with E-state index in [9.17, 15) is 0 Å². The van der Waals surface area contributed by atoms with Gasteiger partial charge in [-0.05, 0) is 29.3 Å². The maximum absolute atomic E-state index is 4.71. The molecule has 1 aliphatic rings. The molecule has 2 aromatic heterocycles. The highest BCUT2D eigenvalue weighted by atomic mass is 15.3. The van der Waals surface area contributed by atoms with E-state index in [0.29, 0.717) is 0 Å². The average Bonchev–Trinajstić information content (AvgIpc) is 2.69. The van der Waals surface area contributed by atoms with Crippen molar-refractivity contribution in [1.29, 1.82) is 0 Å². The van der Waals surface area contributed by atoms with Crippen molar-refractivity contribution in [3.63, 3.8) is 0 Å². The third-order valence-electron chi connectivity index (χ3n) is 4.78. The Morgan fingerprint density at radius 3 is 2.63 bits per heavy atom. The molecule has 138 valence electrons. The van der Waals surface area contributed by atoms with Crippen LogP contribution in [0.5, 0.6) is 0 Å². The van der Waals surface area contributed by atoms with Crippen molar-refractivity contribution in [2.75, 3.05) is 18.6 Å². The molecule has 0 radical (unpaired) electrons. The van der Waals surface area contributed by atoms with Gasteiger partial charge in [0, 0.05) is 51.2 Å². The van der Waals surface area contributed by atoms with Gasteiger partial charge in [-0.3, -0.25) is 9.88 Å². The summed E-state index contributed by atoms with van der Waals surface area (Å²) in [6.07, 6.45) is 3.81. The molecule has 1 aliphatic heterocycles. The first-order valence-electron chi connectivity index (χ1n) is 9.34. The molecule has 0 unspecified atom stereocenters. The summed E-state index contributed by atoms with van der Waals surface area (Å²) in [6.45, 7) is 4.33. The first kappa shape index (κ1) is 17.6. The van der Waals surface area contributed by atoms with Gasteiger partial charge in [0.05, 0.1) is 12.4 Å². The predicted molar refractivity (Wildman–Crippen MR) is 108 cm³/mol. The van der Waals surface area contributed by atoms with Gasteiger partial charge in [0.2, 0.25) is 0 Å². The van der Waals surface area contributed by atoms with Crippen molar-refractivity contribution in [3.8, 4) is 0 Å². The van der Waals surface area contributed by atoms with Crippen molar-refractivity contribution in [2.45, 2.75) is 26.2 Å². The van der Waals surface area contributed by atoms with Crippen molar-refractivity contribution < 1.29 is 0 Å². The highest BCUT2D eigenvalue weighted by Crippen LogP contribution is 2.25. The zero-order valence-corrected chi connectivity index (χ0v) is 15.7. The Balaban J connectivity index is 1.40. The molecule has 0 bridgehead atoms. The number of hydrogen-bond donors (Lipinski definition) is 1. The Kier molecular flexibility index (Phi) is 5.42. The summed E-state index contributed by atoms with van der Waals surface area (Å²) < 4.78 is 0. The molecular weight excluding hydrogens is 334 g/mol. The normalized spacial score (nSPS) is 14.2. The summed E-state index contributed by atoms with van der Waals surface area (Å²) in [5, 5.41) is 3.46. The second-order valence-corrected chi connectivity index (χ2v) is 7.06. The highest BCUT2D eigenvalue weighted by molar-refractivity contribution is 5.49. The van der Waals surface area contributed by atoms with Crippen LogP contribution in [-0.2, 0) is 26.2 Å². The number of hydrogen-bond acceptors (Lipinski definition) is 5. The van der Waals surface area contributed by atoms with Crippen LogP contribution < -0.4 is 10.2 Å². The van der Waals surface area contributed by atoms with Crippen molar-refractivity contribution >= 4 is 5.82 Å². The Bertz CT molecular complexity index is 866. The van der Waals surface area contributed by atoms with Gasteiger partial charge in [-0.2, -0.15) is 0 Å². The van der Waals surface area contributed by atoms with E-state index in [1.165, 1.54) is 16.7 Å². The Morgan fingerprint density at radius 2 is 1.81 bits per heavy atom. The minimum Gasteiger partial charge on any atom is -0.346 e. The molecule has 5 nitrogen and oxygen atoms in total. The van der Waals surface area contributed by atoms with Gasteiger partial charge in [-0.25, -0.2) is 4.98 Å². The molecule has 0 saturated heterocycles. The van der Waals surface area contributed by atoms with Gasteiger partial charge in [0.15, 0.2) is 0 Å². The number of rotatable bonds is 6. The quantitative estimate of drug-likeness (QED) is 0.732. The van der Waals surface area contributed by atoms with Crippen LogP contribution in [0.2, 0.25) is 0 Å². The van der Waals surface area contributed by atoms with Gasteiger partial charge in [-0.15, -0.1) is 0 Å². The second-order valence-electron chi connectivity index (χ2n) is 7.06. The lowest BCUT2D eigenvalue weighted by Gasteiger charge is -2.35. The first-order valence-corrected chi connectivity index (χ1v) is 9.34. The average molecular weight is 359 g/mol. The molecule has 3 aromatic rings. The van der Waals surface area contributed by atoms with Crippen molar-refractivity contribution in [3.05, 3.63) is 89.4 Å². The Morgan fingerprint density at radius 1 is 0.963 bits per heavy atom. The van der Waals surface area contributed by atoms with Crippen LogP contribution in [0.1, 0.15) is 22.4 Å². The molecule has 0 saturated carbocycles. The van der Waals surface area contributed by atoms with E-state index in [-0.39, 0.29) is 0 Å². The number of aromatic nitrogens is 2. The third-order valence-corrected chi connectivity index (χ3v) is 4.78. The summed E-state index contributed by atoms with van der Waals surface area (Å²) in [5.74, 6) is 1.09. The summed E-state index contributed by atoms with van der Waals surface area (Å²) >= 11 is 0. The highest BCUT2D eigenvalue weighted by Gasteiger charge is 2.21. The van der Waals surface area contributed by atoms with Crippen LogP contribution >= 0.6 is 0 Å². The molecule has 5 heteroatoms. The lowest BCUT2D eigenvalue weighted by Crippen LogP contribution is -2.40. The second kappa shape index (κ2) is 8.29. The monoisotopic (exact) mass is 359 g/mol. The molecule has 4 rings (SSSR count). The van der Waals surface area contributed by atoms with Crippen LogP contribution in [0.15, 0.2) is 67.0 Å². The lowest BCUT2D eigenvalue weighted by molar-refractivity contribution is 0.247. The zero-order valence-electron chi connectivity index (χ0n) is 15.7. The molecule has 0 aliphatic carbocycles. The summed E-state index contributed by atoms with van der Waals surface area (Å²) in [4.78, 5) is 13.7. The molecule has 27 heavy (non-hydrogen) atoms. The summed E-state index contributed by atoms with van der Waals surface area (Å²) in [6, 6.07) is 18.9. The van der Waals surface area contributed by atoms with Gasteiger partial charge in [0.1, 0.15) is 5.82 Å². The van der Waals surface area contributed by atoms with Crippen LogP contribution in [0.25, 0.3) is 0 Å². The van der Waals surface area contributed by atoms with E-state index in [1.807, 2.05) is 30.6 Å². The van der Waals surface area contributed by atoms with E-state index in [1.54, 1.807) is 0 Å². The number of benzene rings is 1. The van der Waals surface area contributed by atoms with E-state index in [4.69, 9.17) is 4.98 Å². The number of nitrogens with zero attached hydrogens (tertiary/aromatic N) is 4. The van der Waals surface area contributed by atoms with Crippen LogP contribution in [0.3, 0.4) is 0 Å². The summed E-state index contributed by atoms with van der Waals surface area (Å²) in [5.41, 5.74) is 4.89. The number of anilines is 1. The maximum Gasteiger partial charge on any atom is 0.133 e. The lowest BCUT2D eigenvalue weighted by atomic mass is 10.1. The Labute approximate surface area is 160 Å².